The van der Waals surface area contributed by atoms with E-state index in [0.717, 1.165) is 0 Å². The first-order valence-corrected chi connectivity index (χ1v) is 6.59. The van der Waals surface area contributed by atoms with E-state index in [1.54, 1.807) is 23.3 Å². The van der Waals surface area contributed by atoms with Gasteiger partial charge in [0.2, 0.25) is 16.0 Å². The summed E-state index contributed by atoms with van der Waals surface area (Å²) in [6.07, 6.45) is 7.33. The third-order valence-corrected chi connectivity index (χ3v) is 3.60. The third kappa shape index (κ3) is 3.02. The summed E-state index contributed by atoms with van der Waals surface area (Å²) < 4.78 is 27.8. The van der Waals surface area contributed by atoms with Gasteiger partial charge in [-0.25, -0.2) is 28.1 Å². The smallest absolute Gasteiger partial charge is 0.243 e. The second-order valence-corrected chi connectivity index (χ2v) is 5.24. The Morgan fingerprint density at radius 3 is 2.67 bits per heavy atom. The van der Waals surface area contributed by atoms with Crippen LogP contribution in [0.2, 0.25) is 0 Å². The molecule has 3 N–H and O–H groups in total. The number of rotatable bonds is 5. The molecule has 2 rings (SSSR count). The second-order valence-electron chi connectivity index (χ2n) is 3.48. The molecule has 0 fully saturated rings. The largest absolute Gasteiger partial charge is 0.368 e. The molecule has 0 saturated carbocycles. The van der Waals surface area contributed by atoms with Crippen LogP contribution in [0, 0.1) is 0 Å². The highest BCUT2D eigenvalue weighted by molar-refractivity contribution is 7.89. The summed E-state index contributed by atoms with van der Waals surface area (Å²) in [5.41, 5.74) is 5.29. The van der Waals surface area contributed by atoms with Crippen LogP contribution in [0.3, 0.4) is 0 Å². The van der Waals surface area contributed by atoms with E-state index < -0.39 is 10.0 Å². The number of aromatic nitrogens is 4. The third-order valence-electron chi connectivity index (χ3n) is 2.18. The van der Waals surface area contributed by atoms with Gasteiger partial charge in [-0.15, -0.1) is 0 Å². The maximum absolute atomic E-state index is 11.8. The van der Waals surface area contributed by atoms with Gasteiger partial charge in [-0.3, -0.25) is 0 Å². The predicted octanol–water partition coefficient (Wildman–Crippen LogP) is -0.766. The molecule has 0 aliphatic carbocycles. The lowest BCUT2D eigenvalue weighted by Gasteiger charge is -2.06. The molecule has 0 unspecified atom stereocenters. The average Bonchev–Trinajstić information content (AvgIpc) is 2.82. The summed E-state index contributed by atoms with van der Waals surface area (Å²) in [7, 11) is -3.59. The molecule has 2 aromatic heterocycles. The van der Waals surface area contributed by atoms with E-state index in [1.165, 1.54) is 12.4 Å². The second kappa shape index (κ2) is 5.10. The molecule has 0 radical (unpaired) electrons. The van der Waals surface area contributed by atoms with Crippen molar-refractivity contribution in [1.29, 1.82) is 0 Å². The number of nitrogens with zero attached hydrogens (tertiary/aromatic N) is 4. The molecule has 18 heavy (non-hydrogen) atoms. The van der Waals surface area contributed by atoms with Gasteiger partial charge in [0.1, 0.15) is 4.90 Å². The average molecular weight is 268 g/mol. The molecule has 0 spiro atoms. The Kier molecular flexibility index (Phi) is 3.53. The number of anilines is 1. The van der Waals surface area contributed by atoms with Crippen LogP contribution >= 0.6 is 0 Å². The van der Waals surface area contributed by atoms with Crippen molar-refractivity contribution < 1.29 is 8.42 Å². The summed E-state index contributed by atoms with van der Waals surface area (Å²) in [5.74, 6) is 0.0346. The zero-order chi connectivity index (χ0) is 13.0. The molecule has 96 valence electrons. The summed E-state index contributed by atoms with van der Waals surface area (Å²) in [4.78, 5) is 11.1. The zero-order valence-corrected chi connectivity index (χ0v) is 10.2. The highest BCUT2D eigenvalue weighted by Gasteiger charge is 2.14. The number of nitrogens with one attached hydrogen (secondary N) is 1. The van der Waals surface area contributed by atoms with E-state index in [4.69, 9.17) is 5.73 Å². The number of nitrogen functional groups attached to an aromatic ring is 1. The zero-order valence-electron chi connectivity index (χ0n) is 9.39. The normalized spacial score (nSPS) is 11.6. The lowest BCUT2D eigenvalue weighted by Crippen LogP contribution is -2.27. The molecule has 0 atom stereocenters. The minimum Gasteiger partial charge on any atom is -0.368 e. The minimum absolute atomic E-state index is 0.0117. The van der Waals surface area contributed by atoms with Gasteiger partial charge in [0, 0.05) is 25.5 Å². The molecule has 9 heteroatoms. The topological polar surface area (TPSA) is 116 Å². The van der Waals surface area contributed by atoms with Crippen molar-refractivity contribution in [3.8, 4) is 0 Å². The molecule has 2 heterocycles. The van der Waals surface area contributed by atoms with Crippen molar-refractivity contribution in [3.05, 3.63) is 31.1 Å². The van der Waals surface area contributed by atoms with E-state index >= 15 is 0 Å². The molecule has 0 aliphatic heterocycles. The maximum atomic E-state index is 11.8. The Morgan fingerprint density at radius 2 is 2.06 bits per heavy atom. The molecule has 0 aliphatic rings. The molecule has 8 nitrogen and oxygen atoms in total. The minimum atomic E-state index is -3.59. The van der Waals surface area contributed by atoms with Gasteiger partial charge in [0.15, 0.2) is 0 Å². The fourth-order valence-corrected chi connectivity index (χ4v) is 2.19. The molecule has 0 saturated heterocycles. The first-order valence-electron chi connectivity index (χ1n) is 5.11. The van der Waals surface area contributed by atoms with Crippen molar-refractivity contribution in [2.45, 2.75) is 11.4 Å². The standard InChI is InChI=1S/C9H12N6O2S/c10-9-12-5-8(6-13-9)18(16,17)14-2-4-15-3-1-11-7-15/h1,3,5-7,14H,2,4H2,(H2,10,12,13). The van der Waals surface area contributed by atoms with Gasteiger partial charge < -0.3 is 10.3 Å². The van der Waals surface area contributed by atoms with Crippen molar-refractivity contribution >= 4 is 16.0 Å². The number of imidazole rings is 1. The van der Waals surface area contributed by atoms with Crippen LogP contribution < -0.4 is 10.5 Å². The van der Waals surface area contributed by atoms with Gasteiger partial charge in [0.05, 0.1) is 18.7 Å². The lowest BCUT2D eigenvalue weighted by molar-refractivity contribution is 0.572. The van der Waals surface area contributed by atoms with Crippen LogP contribution in [-0.2, 0) is 16.6 Å². The molecular weight excluding hydrogens is 256 g/mol. The van der Waals surface area contributed by atoms with Gasteiger partial charge >= 0.3 is 0 Å². The highest BCUT2D eigenvalue weighted by atomic mass is 32.2. The van der Waals surface area contributed by atoms with Crippen LogP contribution in [0.25, 0.3) is 0 Å². The number of hydrogen-bond acceptors (Lipinski definition) is 6. The Balaban J connectivity index is 1.97. The highest BCUT2D eigenvalue weighted by Crippen LogP contribution is 2.05. The molecule has 2 aromatic rings. The Labute approximate surface area is 104 Å². The van der Waals surface area contributed by atoms with E-state index in [9.17, 15) is 8.42 Å². The van der Waals surface area contributed by atoms with E-state index in [2.05, 4.69) is 19.7 Å². The Bertz CT molecular complexity index is 592. The summed E-state index contributed by atoms with van der Waals surface area (Å²) in [6.45, 7) is 0.748. The van der Waals surface area contributed by atoms with E-state index in [1.807, 2.05) is 0 Å². The maximum Gasteiger partial charge on any atom is 0.243 e. The van der Waals surface area contributed by atoms with Crippen molar-refractivity contribution in [2.24, 2.45) is 0 Å². The van der Waals surface area contributed by atoms with Crippen molar-refractivity contribution in [2.75, 3.05) is 12.3 Å². The number of sulfonamides is 1. The van der Waals surface area contributed by atoms with Gasteiger partial charge in [0.25, 0.3) is 0 Å². The van der Waals surface area contributed by atoms with Crippen molar-refractivity contribution in [1.82, 2.24) is 24.2 Å². The van der Waals surface area contributed by atoms with E-state index in [-0.39, 0.29) is 17.4 Å². The van der Waals surface area contributed by atoms with Gasteiger partial charge in [-0.1, -0.05) is 0 Å². The van der Waals surface area contributed by atoms with Crippen LogP contribution in [0.15, 0.2) is 36.0 Å². The first-order chi connectivity index (χ1) is 8.58. The quantitative estimate of drug-likeness (QED) is 0.736. The van der Waals surface area contributed by atoms with Crippen LogP contribution in [0.1, 0.15) is 0 Å². The first kappa shape index (κ1) is 12.5. The predicted molar refractivity (Wildman–Crippen MR) is 63.9 cm³/mol. The number of nitrogens with two attached hydrogens (primary N) is 1. The molecular formula is C9H12N6O2S. The van der Waals surface area contributed by atoms with E-state index in [0.29, 0.717) is 6.54 Å². The van der Waals surface area contributed by atoms with Gasteiger partial charge in [-0.2, -0.15) is 0 Å². The van der Waals surface area contributed by atoms with Crippen LogP contribution in [0.4, 0.5) is 5.95 Å². The Morgan fingerprint density at radius 1 is 1.33 bits per heavy atom. The summed E-state index contributed by atoms with van der Waals surface area (Å²) in [6, 6.07) is 0. The molecule has 0 aromatic carbocycles. The van der Waals surface area contributed by atoms with Crippen LogP contribution in [0.5, 0.6) is 0 Å². The van der Waals surface area contributed by atoms with Crippen molar-refractivity contribution in [3.63, 3.8) is 0 Å². The van der Waals surface area contributed by atoms with Crippen LogP contribution in [-0.4, -0.2) is 34.5 Å². The molecule has 0 amide bonds. The Hall–Kier alpha value is -2.00. The fraction of sp³-hybridized carbons (Fsp3) is 0.222. The van der Waals surface area contributed by atoms with Gasteiger partial charge in [-0.05, 0) is 0 Å². The summed E-state index contributed by atoms with van der Waals surface area (Å²) >= 11 is 0. The number of hydrogen-bond donors (Lipinski definition) is 2. The SMILES string of the molecule is Nc1ncc(S(=O)(=O)NCCn2ccnc2)cn1. The lowest BCUT2D eigenvalue weighted by atomic mass is 10.6. The molecule has 0 bridgehead atoms. The monoisotopic (exact) mass is 268 g/mol. The summed E-state index contributed by atoms with van der Waals surface area (Å²) in [5, 5.41) is 0. The fourth-order valence-electron chi connectivity index (χ4n) is 1.28.